The molecule has 0 saturated carbocycles. The van der Waals surface area contributed by atoms with E-state index in [9.17, 15) is 4.79 Å². The summed E-state index contributed by atoms with van der Waals surface area (Å²) >= 11 is 1.14. The van der Waals surface area contributed by atoms with Gasteiger partial charge in [-0.25, -0.2) is 4.68 Å². The van der Waals surface area contributed by atoms with E-state index in [0.717, 1.165) is 17.3 Å². The number of pyridine rings is 1. The van der Waals surface area contributed by atoms with E-state index in [1.165, 1.54) is 4.68 Å². The minimum Gasteiger partial charge on any atom is -0.369 e. The van der Waals surface area contributed by atoms with Gasteiger partial charge in [0, 0.05) is 18.0 Å². The molecule has 0 saturated heterocycles. The number of hydrogen-bond acceptors (Lipinski definition) is 6. The van der Waals surface area contributed by atoms with Crippen LogP contribution in [0.3, 0.4) is 0 Å². The van der Waals surface area contributed by atoms with E-state index in [4.69, 9.17) is 11.6 Å². The molecule has 0 bridgehead atoms. The second kappa shape index (κ2) is 4.83. The van der Waals surface area contributed by atoms with Crippen LogP contribution >= 0.6 is 11.8 Å². The SMILES string of the molecule is NC(=O)CSc1nnc(-c2cccnc2)n1N. The average molecular weight is 250 g/mol. The third-order valence-corrected chi connectivity index (χ3v) is 2.89. The molecule has 0 atom stereocenters. The Labute approximate surface area is 101 Å². The van der Waals surface area contributed by atoms with E-state index in [0.29, 0.717) is 11.0 Å². The normalized spacial score (nSPS) is 10.4. The van der Waals surface area contributed by atoms with Crippen molar-refractivity contribution in [3.05, 3.63) is 24.5 Å². The van der Waals surface area contributed by atoms with Gasteiger partial charge in [0.05, 0.1) is 5.75 Å². The van der Waals surface area contributed by atoms with Gasteiger partial charge in [-0.1, -0.05) is 11.8 Å². The van der Waals surface area contributed by atoms with Crippen LogP contribution in [0.5, 0.6) is 0 Å². The van der Waals surface area contributed by atoms with Crippen molar-refractivity contribution in [1.29, 1.82) is 0 Å². The lowest BCUT2D eigenvalue weighted by Gasteiger charge is -2.01. The summed E-state index contributed by atoms with van der Waals surface area (Å²) in [5.74, 6) is 5.99. The van der Waals surface area contributed by atoms with E-state index in [1.54, 1.807) is 18.5 Å². The molecular formula is C9H10N6OS. The number of thioether (sulfide) groups is 1. The third kappa shape index (κ3) is 2.53. The smallest absolute Gasteiger partial charge is 0.227 e. The van der Waals surface area contributed by atoms with Crippen molar-refractivity contribution in [1.82, 2.24) is 19.9 Å². The topological polar surface area (TPSA) is 113 Å². The molecule has 0 spiro atoms. The lowest BCUT2D eigenvalue weighted by atomic mass is 10.3. The molecule has 0 aliphatic carbocycles. The van der Waals surface area contributed by atoms with Gasteiger partial charge in [0.1, 0.15) is 0 Å². The molecule has 7 nitrogen and oxygen atoms in total. The predicted molar refractivity (Wildman–Crippen MR) is 63.3 cm³/mol. The second-order valence-corrected chi connectivity index (χ2v) is 4.12. The summed E-state index contributed by atoms with van der Waals surface area (Å²) in [5.41, 5.74) is 5.80. The average Bonchev–Trinajstić information content (AvgIpc) is 2.69. The Morgan fingerprint density at radius 1 is 1.47 bits per heavy atom. The Morgan fingerprint density at radius 3 is 2.94 bits per heavy atom. The van der Waals surface area contributed by atoms with Gasteiger partial charge in [-0.05, 0) is 12.1 Å². The minimum atomic E-state index is -0.430. The molecule has 8 heteroatoms. The van der Waals surface area contributed by atoms with Crippen LogP contribution in [-0.4, -0.2) is 31.5 Å². The molecule has 2 rings (SSSR count). The summed E-state index contributed by atoms with van der Waals surface area (Å²) < 4.78 is 1.31. The number of nitrogen functional groups attached to an aromatic ring is 1. The molecule has 88 valence electrons. The first-order chi connectivity index (χ1) is 8.18. The molecule has 4 N–H and O–H groups in total. The first kappa shape index (κ1) is 11.4. The molecule has 1 amide bonds. The van der Waals surface area contributed by atoms with Crippen molar-refractivity contribution in [2.75, 3.05) is 11.6 Å². The number of hydrogen-bond donors (Lipinski definition) is 2. The van der Waals surface area contributed by atoms with Crippen LogP contribution in [0.15, 0.2) is 29.7 Å². The van der Waals surface area contributed by atoms with Crippen LogP contribution in [0.4, 0.5) is 0 Å². The van der Waals surface area contributed by atoms with Gasteiger partial charge in [0.25, 0.3) is 0 Å². The van der Waals surface area contributed by atoms with E-state index >= 15 is 0 Å². The Balaban J connectivity index is 2.24. The van der Waals surface area contributed by atoms with Crippen molar-refractivity contribution in [3.63, 3.8) is 0 Å². The number of primary amides is 1. The maximum Gasteiger partial charge on any atom is 0.227 e. The summed E-state index contributed by atoms with van der Waals surface area (Å²) in [7, 11) is 0. The molecule has 2 aromatic heterocycles. The number of nitrogens with two attached hydrogens (primary N) is 2. The van der Waals surface area contributed by atoms with Crippen LogP contribution in [0.2, 0.25) is 0 Å². The van der Waals surface area contributed by atoms with Gasteiger partial charge in [-0.2, -0.15) is 0 Å². The molecule has 0 radical (unpaired) electrons. The third-order valence-electron chi connectivity index (χ3n) is 1.93. The van der Waals surface area contributed by atoms with Crippen molar-refractivity contribution in [2.24, 2.45) is 5.73 Å². The highest BCUT2D eigenvalue weighted by Gasteiger charge is 2.12. The van der Waals surface area contributed by atoms with Crippen LogP contribution in [-0.2, 0) is 4.79 Å². The van der Waals surface area contributed by atoms with Gasteiger partial charge < -0.3 is 11.6 Å². The fourth-order valence-electron chi connectivity index (χ4n) is 1.20. The molecule has 0 fully saturated rings. The Bertz CT molecular complexity index is 526. The number of aromatic nitrogens is 4. The van der Waals surface area contributed by atoms with Gasteiger partial charge in [-0.3, -0.25) is 9.78 Å². The first-order valence-electron chi connectivity index (χ1n) is 4.70. The number of amides is 1. The fourth-order valence-corrected chi connectivity index (χ4v) is 1.80. The standard InChI is InChI=1S/C9H10N6OS/c10-7(16)5-17-9-14-13-8(15(9)11)6-2-1-3-12-4-6/h1-4H,5,11H2,(H2,10,16). The van der Waals surface area contributed by atoms with E-state index in [1.807, 2.05) is 6.07 Å². The molecule has 0 aliphatic rings. The van der Waals surface area contributed by atoms with Gasteiger partial charge in [-0.15, -0.1) is 10.2 Å². The maximum absolute atomic E-state index is 10.7. The quantitative estimate of drug-likeness (QED) is 0.565. The van der Waals surface area contributed by atoms with E-state index in [-0.39, 0.29) is 5.75 Å². The molecule has 0 aliphatic heterocycles. The van der Waals surface area contributed by atoms with Crippen molar-refractivity contribution >= 4 is 17.7 Å². The Morgan fingerprint density at radius 2 is 2.29 bits per heavy atom. The summed E-state index contributed by atoms with van der Waals surface area (Å²) in [4.78, 5) is 14.6. The fraction of sp³-hybridized carbons (Fsp3) is 0.111. The number of carbonyl (C=O) groups excluding carboxylic acids is 1. The zero-order valence-corrected chi connectivity index (χ0v) is 9.59. The van der Waals surface area contributed by atoms with Crippen molar-refractivity contribution in [3.8, 4) is 11.4 Å². The van der Waals surface area contributed by atoms with Gasteiger partial charge in [0.15, 0.2) is 5.82 Å². The van der Waals surface area contributed by atoms with Crippen molar-refractivity contribution < 1.29 is 4.79 Å². The highest BCUT2D eigenvalue weighted by Crippen LogP contribution is 2.20. The monoisotopic (exact) mass is 250 g/mol. The van der Waals surface area contributed by atoms with Gasteiger partial charge in [0.2, 0.25) is 11.1 Å². The lowest BCUT2D eigenvalue weighted by Crippen LogP contribution is -2.16. The molecule has 17 heavy (non-hydrogen) atoms. The molecular weight excluding hydrogens is 240 g/mol. The summed E-state index contributed by atoms with van der Waals surface area (Å²) in [6.45, 7) is 0. The minimum absolute atomic E-state index is 0.113. The predicted octanol–water partition coefficient (Wildman–Crippen LogP) is -0.369. The zero-order chi connectivity index (χ0) is 12.3. The van der Waals surface area contributed by atoms with Crippen molar-refractivity contribution in [2.45, 2.75) is 5.16 Å². The van der Waals surface area contributed by atoms with Crippen LogP contribution in [0.25, 0.3) is 11.4 Å². The summed E-state index contributed by atoms with van der Waals surface area (Å²) in [6, 6.07) is 3.60. The Hall–Kier alpha value is -2.09. The summed E-state index contributed by atoms with van der Waals surface area (Å²) in [5, 5.41) is 8.25. The molecule has 0 unspecified atom stereocenters. The van der Waals surface area contributed by atoms with Crippen LogP contribution in [0.1, 0.15) is 0 Å². The highest BCUT2D eigenvalue weighted by atomic mass is 32.2. The largest absolute Gasteiger partial charge is 0.369 e. The van der Waals surface area contributed by atoms with Crippen LogP contribution < -0.4 is 11.6 Å². The zero-order valence-electron chi connectivity index (χ0n) is 8.78. The molecule has 2 aromatic rings. The first-order valence-corrected chi connectivity index (χ1v) is 5.69. The number of rotatable bonds is 4. The van der Waals surface area contributed by atoms with Gasteiger partial charge >= 0.3 is 0 Å². The summed E-state index contributed by atoms with van der Waals surface area (Å²) in [6.07, 6.45) is 3.29. The number of carbonyl (C=O) groups is 1. The maximum atomic E-state index is 10.7. The number of nitrogens with zero attached hydrogens (tertiary/aromatic N) is 4. The van der Waals surface area contributed by atoms with E-state index in [2.05, 4.69) is 15.2 Å². The lowest BCUT2D eigenvalue weighted by molar-refractivity contribution is -0.115. The molecule has 2 heterocycles. The Kier molecular flexibility index (Phi) is 3.24. The molecule has 0 aromatic carbocycles. The second-order valence-electron chi connectivity index (χ2n) is 3.17. The highest BCUT2D eigenvalue weighted by molar-refractivity contribution is 7.99. The van der Waals surface area contributed by atoms with E-state index < -0.39 is 5.91 Å². The van der Waals surface area contributed by atoms with Crippen LogP contribution in [0, 0.1) is 0 Å².